The Hall–Kier alpha value is -1.06. The molecule has 0 fully saturated rings. The highest BCUT2D eigenvalue weighted by atomic mass is 79.9. The molecule has 0 bridgehead atoms. The molecule has 1 unspecified atom stereocenters. The second-order valence-corrected chi connectivity index (χ2v) is 4.94. The lowest BCUT2D eigenvalue weighted by Gasteiger charge is -2.18. The molecule has 0 saturated heterocycles. The van der Waals surface area contributed by atoms with E-state index in [-0.39, 0.29) is 6.04 Å². The number of halogens is 1. The fraction of sp³-hybridized carbons (Fsp3) is 0.286. The molecule has 0 aliphatic carbocycles. The Labute approximate surface area is 110 Å². The van der Waals surface area contributed by atoms with Gasteiger partial charge < -0.3 is 9.73 Å². The monoisotopic (exact) mass is 293 g/mol. The van der Waals surface area contributed by atoms with E-state index in [2.05, 4.69) is 59.4 Å². The molecule has 3 heteroatoms. The van der Waals surface area contributed by atoms with Crippen LogP contribution in [-0.2, 0) is 0 Å². The topological polar surface area (TPSA) is 25.2 Å². The quantitative estimate of drug-likeness (QED) is 0.901. The van der Waals surface area contributed by atoms with Crippen molar-refractivity contribution >= 4 is 15.9 Å². The second-order valence-electron chi connectivity index (χ2n) is 4.16. The van der Waals surface area contributed by atoms with Crippen molar-refractivity contribution in [3.05, 3.63) is 58.5 Å². The third-order valence-corrected chi connectivity index (χ3v) is 3.25. The molecule has 1 heterocycles. The highest BCUT2D eigenvalue weighted by Crippen LogP contribution is 2.23. The summed E-state index contributed by atoms with van der Waals surface area (Å²) >= 11 is 3.32. The van der Waals surface area contributed by atoms with Crippen molar-refractivity contribution in [3.63, 3.8) is 0 Å². The fourth-order valence-corrected chi connectivity index (χ4v) is 2.18. The zero-order valence-electron chi connectivity index (χ0n) is 9.98. The maximum atomic E-state index is 5.54. The van der Waals surface area contributed by atoms with Crippen LogP contribution in [0.2, 0.25) is 0 Å². The molecule has 0 radical (unpaired) electrons. The van der Waals surface area contributed by atoms with Crippen molar-refractivity contribution in [1.29, 1.82) is 0 Å². The van der Waals surface area contributed by atoms with E-state index in [9.17, 15) is 0 Å². The van der Waals surface area contributed by atoms with Gasteiger partial charge in [-0.3, -0.25) is 0 Å². The first-order valence-electron chi connectivity index (χ1n) is 5.73. The van der Waals surface area contributed by atoms with Crippen molar-refractivity contribution in [1.82, 2.24) is 5.32 Å². The van der Waals surface area contributed by atoms with Crippen LogP contribution in [0.4, 0.5) is 0 Å². The molecule has 0 spiro atoms. The molecule has 1 aromatic heterocycles. The summed E-state index contributed by atoms with van der Waals surface area (Å²) in [6.07, 6.45) is 0. The maximum Gasteiger partial charge on any atom is 0.169 e. The minimum atomic E-state index is 0.191. The molecule has 2 nitrogen and oxygen atoms in total. The average molecular weight is 294 g/mol. The van der Waals surface area contributed by atoms with Gasteiger partial charge in [0.15, 0.2) is 4.67 Å². The number of furan rings is 1. The van der Waals surface area contributed by atoms with Gasteiger partial charge in [0.2, 0.25) is 0 Å². The van der Waals surface area contributed by atoms with Crippen molar-refractivity contribution in [2.24, 2.45) is 0 Å². The molecule has 1 N–H and O–H groups in total. The van der Waals surface area contributed by atoms with E-state index in [1.807, 2.05) is 18.2 Å². The van der Waals surface area contributed by atoms with Crippen molar-refractivity contribution in [3.8, 4) is 0 Å². The molecular formula is C14H16BrNO. The van der Waals surface area contributed by atoms with Gasteiger partial charge in [-0.1, -0.05) is 30.3 Å². The van der Waals surface area contributed by atoms with Crippen LogP contribution >= 0.6 is 15.9 Å². The number of nitrogens with one attached hydrogen (secondary N) is 1. The molecule has 90 valence electrons. The summed E-state index contributed by atoms with van der Waals surface area (Å²) in [5.74, 6) is 0.944. The van der Waals surface area contributed by atoms with Crippen LogP contribution in [0.1, 0.15) is 37.3 Å². The number of hydrogen-bond donors (Lipinski definition) is 1. The van der Waals surface area contributed by atoms with Gasteiger partial charge in [0.25, 0.3) is 0 Å². The zero-order valence-corrected chi connectivity index (χ0v) is 11.6. The molecule has 0 aliphatic rings. The summed E-state index contributed by atoms with van der Waals surface area (Å²) in [6.45, 7) is 4.26. The van der Waals surface area contributed by atoms with E-state index in [0.717, 1.165) is 10.4 Å². The van der Waals surface area contributed by atoms with Gasteiger partial charge in [0, 0.05) is 6.04 Å². The smallest absolute Gasteiger partial charge is 0.169 e. The first kappa shape index (κ1) is 12.4. The Balaban J connectivity index is 2.02. The van der Waals surface area contributed by atoms with Gasteiger partial charge in [0.1, 0.15) is 5.76 Å². The predicted octanol–water partition coefficient (Wildman–Crippen LogP) is 4.45. The van der Waals surface area contributed by atoms with Crippen LogP contribution < -0.4 is 5.32 Å². The molecule has 0 amide bonds. The number of rotatable bonds is 4. The van der Waals surface area contributed by atoms with Crippen molar-refractivity contribution < 1.29 is 4.42 Å². The third-order valence-electron chi connectivity index (χ3n) is 2.82. The predicted molar refractivity (Wildman–Crippen MR) is 72.8 cm³/mol. The van der Waals surface area contributed by atoms with Gasteiger partial charge >= 0.3 is 0 Å². The molecule has 1 aromatic carbocycles. The SMILES string of the molecule is CC(N[C@H](C)c1ccccc1)c1ccc(Br)o1. The van der Waals surface area contributed by atoms with Crippen LogP contribution in [-0.4, -0.2) is 0 Å². The lowest BCUT2D eigenvalue weighted by atomic mass is 10.1. The molecule has 0 saturated carbocycles. The maximum absolute atomic E-state index is 5.54. The van der Waals surface area contributed by atoms with Gasteiger partial charge in [-0.2, -0.15) is 0 Å². The fourth-order valence-electron chi connectivity index (χ4n) is 1.86. The summed E-state index contributed by atoms with van der Waals surface area (Å²) in [5, 5.41) is 3.51. The first-order chi connectivity index (χ1) is 8.16. The van der Waals surface area contributed by atoms with E-state index in [1.165, 1.54) is 5.56 Å². The minimum absolute atomic E-state index is 0.191. The summed E-state index contributed by atoms with van der Waals surface area (Å²) in [7, 11) is 0. The van der Waals surface area contributed by atoms with Gasteiger partial charge in [-0.15, -0.1) is 0 Å². The first-order valence-corrected chi connectivity index (χ1v) is 6.52. The highest BCUT2D eigenvalue weighted by Gasteiger charge is 2.13. The molecule has 2 aromatic rings. The molecular weight excluding hydrogens is 278 g/mol. The average Bonchev–Trinajstić information content (AvgIpc) is 2.77. The highest BCUT2D eigenvalue weighted by molar-refractivity contribution is 9.10. The van der Waals surface area contributed by atoms with E-state index < -0.39 is 0 Å². The zero-order chi connectivity index (χ0) is 12.3. The summed E-state index contributed by atoms with van der Waals surface area (Å²) < 4.78 is 6.31. The van der Waals surface area contributed by atoms with Crippen molar-refractivity contribution in [2.75, 3.05) is 0 Å². The number of benzene rings is 1. The van der Waals surface area contributed by atoms with Crippen LogP contribution in [0, 0.1) is 0 Å². The Morgan fingerprint density at radius 1 is 1.00 bits per heavy atom. The van der Waals surface area contributed by atoms with Crippen LogP contribution in [0.3, 0.4) is 0 Å². The normalized spacial score (nSPS) is 14.5. The Morgan fingerprint density at radius 3 is 2.29 bits per heavy atom. The van der Waals surface area contributed by atoms with Crippen LogP contribution in [0.15, 0.2) is 51.6 Å². The summed E-state index contributed by atoms with van der Waals surface area (Å²) in [4.78, 5) is 0. The minimum Gasteiger partial charge on any atom is -0.453 e. The lowest BCUT2D eigenvalue weighted by molar-refractivity contribution is 0.394. The summed E-state index contributed by atoms with van der Waals surface area (Å²) in [5.41, 5.74) is 1.28. The van der Waals surface area contributed by atoms with Crippen LogP contribution in [0.5, 0.6) is 0 Å². The van der Waals surface area contributed by atoms with E-state index in [0.29, 0.717) is 6.04 Å². The van der Waals surface area contributed by atoms with Crippen LogP contribution in [0.25, 0.3) is 0 Å². The molecule has 17 heavy (non-hydrogen) atoms. The van der Waals surface area contributed by atoms with Gasteiger partial charge in [0.05, 0.1) is 6.04 Å². The Bertz CT molecular complexity index is 466. The van der Waals surface area contributed by atoms with E-state index in [1.54, 1.807) is 0 Å². The molecule has 0 aliphatic heterocycles. The third kappa shape index (κ3) is 3.20. The van der Waals surface area contributed by atoms with E-state index >= 15 is 0 Å². The summed E-state index contributed by atoms with van der Waals surface area (Å²) in [6, 6.07) is 14.8. The Kier molecular flexibility index (Phi) is 4.02. The lowest BCUT2D eigenvalue weighted by Crippen LogP contribution is -2.22. The number of hydrogen-bond acceptors (Lipinski definition) is 2. The largest absolute Gasteiger partial charge is 0.453 e. The second kappa shape index (κ2) is 5.52. The molecule has 2 rings (SSSR count). The van der Waals surface area contributed by atoms with Gasteiger partial charge in [-0.25, -0.2) is 0 Å². The van der Waals surface area contributed by atoms with Gasteiger partial charge in [-0.05, 0) is 47.5 Å². The van der Waals surface area contributed by atoms with Crippen molar-refractivity contribution in [2.45, 2.75) is 25.9 Å². The standard InChI is InChI=1S/C14H16BrNO/c1-10(12-6-4-3-5-7-12)16-11(2)13-8-9-14(15)17-13/h3-11,16H,1-2H3/t10-,11?/m1/s1. The van der Waals surface area contributed by atoms with E-state index in [4.69, 9.17) is 4.42 Å². The molecule has 2 atom stereocenters. The Morgan fingerprint density at radius 2 is 1.71 bits per heavy atom.